The Bertz CT molecular complexity index is 3200. The summed E-state index contributed by atoms with van der Waals surface area (Å²) in [4.78, 5) is 86.7. The number of piperazine rings is 2. The van der Waals surface area contributed by atoms with E-state index in [1.54, 1.807) is 22.2 Å². The highest BCUT2D eigenvalue weighted by atomic mass is 35.5. The summed E-state index contributed by atoms with van der Waals surface area (Å²) in [7, 11) is 0. The summed E-state index contributed by atoms with van der Waals surface area (Å²) < 4.78 is 15.9. The molecule has 4 aromatic heterocycles. The van der Waals surface area contributed by atoms with Crippen molar-refractivity contribution in [1.82, 2.24) is 58.5 Å². The Morgan fingerprint density at radius 1 is 0.511 bits per heavy atom. The fourth-order valence-electron chi connectivity index (χ4n) is 14.1. The first-order chi connectivity index (χ1) is 42.1. The van der Waals surface area contributed by atoms with Crippen LogP contribution in [0.5, 0.6) is 0 Å². The molecule has 2 aliphatic carbocycles. The van der Waals surface area contributed by atoms with E-state index in [1.165, 1.54) is 22.3 Å². The van der Waals surface area contributed by atoms with Crippen molar-refractivity contribution in [3.8, 4) is 0 Å². The maximum Gasteiger partial charge on any atom is 0.411 e. The van der Waals surface area contributed by atoms with E-state index in [9.17, 15) is 19.2 Å². The van der Waals surface area contributed by atoms with Crippen LogP contribution in [0.3, 0.4) is 0 Å². The smallest absolute Gasteiger partial charge is 0.411 e. The number of rotatable bonds is 8. The summed E-state index contributed by atoms with van der Waals surface area (Å²) in [6.07, 6.45) is 21.4. The zero-order valence-corrected chi connectivity index (χ0v) is 53.8. The van der Waals surface area contributed by atoms with Crippen LogP contribution < -0.4 is 0 Å². The molecule has 6 aliphatic rings. The van der Waals surface area contributed by atoms with E-state index in [0.29, 0.717) is 74.2 Å². The summed E-state index contributed by atoms with van der Waals surface area (Å²) in [6.45, 7) is 21.0. The van der Waals surface area contributed by atoms with Crippen LogP contribution >= 0.6 is 23.2 Å². The molecule has 8 atom stereocenters. The number of aryl methyl sites for hydroxylation is 4. The van der Waals surface area contributed by atoms with Crippen LogP contribution in [0.4, 0.5) is 9.59 Å². The van der Waals surface area contributed by atoms with Gasteiger partial charge in [0.1, 0.15) is 23.3 Å². The number of nitrogens with zero attached hydrogens (tertiary/aromatic N) is 12. The topological polar surface area (TPSA) is 168 Å². The number of piperidine rings is 2. The lowest BCUT2D eigenvalue weighted by atomic mass is 9.91. The van der Waals surface area contributed by atoms with Crippen LogP contribution in [0, 0.1) is 11.8 Å². The zero-order chi connectivity index (χ0) is 62.0. The number of carbonyl (C=O) groups is 4. The van der Waals surface area contributed by atoms with Gasteiger partial charge in [-0.25, -0.2) is 19.6 Å². The molecule has 6 aromatic rings. The van der Waals surface area contributed by atoms with Crippen molar-refractivity contribution in [2.24, 2.45) is 11.8 Å². The van der Waals surface area contributed by atoms with Crippen molar-refractivity contribution in [2.45, 2.75) is 167 Å². The van der Waals surface area contributed by atoms with E-state index in [2.05, 4.69) is 79.1 Å². The first kappa shape index (κ1) is 62.7. The molecule has 0 saturated carbocycles. The number of ether oxygens (including phenoxy) is 2. The van der Waals surface area contributed by atoms with E-state index in [4.69, 9.17) is 42.6 Å². The van der Waals surface area contributed by atoms with Gasteiger partial charge in [-0.15, -0.1) is 0 Å². The summed E-state index contributed by atoms with van der Waals surface area (Å²) in [5, 5.41) is 1.43. The molecular weight excluding hydrogens is 1150 g/mol. The number of benzene rings is 2. The minimum Gasteiger partial charge on any atom is -0.444 e. The molecule has 4 saturated heterocycles. The number of carbonyl (C=O) groups excluding carboxylic acids is 4. The number of pyridine rings is 2. The third-order valence-electron chi connectivity index (χ3n) is 18.5. The van der Waals surface area contributed by atoms with Crippen LogP contribution in [0.2, 0.25) is 10.0 Å². The van der Waals surface area contributed by atoms with E-state index in [0.717, 1.165) is 87.0 Å². The maximum absolute atomic E-state index is 14.6. The highest BCUT2D eigenvalue weighted by molar-refractivity contribution is 6.31. The first-order valence-corrected chi connectivity index (χ1v) is 32.3. The van der Waals surface area contributed by atoms with Crippen LogP contribution in [-0.4, -0.2) is 170 Å². The third kappa shape index (κ3) is 14.4. The average Bonchev–Trinajstić information content (AvgIpc) is 1.39. The van der Waals surface area contributed by atoms with Gasteiger partial charge in [0.15, 0.2) is 0 Å². The Labute approximate surface area is 528 Å². The number of hydrogen-bond donors (Lipinski definition) is 0. The van der Waals surface area contributed by atoms with Gasteiger partial charge in [0, 0.05) is 125 Å². The Balaban J connectivity index is 0.000000182. The van der Waals surface area contributed by atoms with Crippen LogP contribution in [0.1, 0.15) is 138 Å². The number of halogens is 2. The number of hydrogen-bond acceptors (Lipinski definition) is 12. The molecule has 0 bridgehead atoms. The molecule has 0 spiro atoms. The number of imidazole rings is 2. The summed E-state index contributed by atoms with van der Waals surface area (Å²) in [5.41, 5.74) is 7.82. The minimum atomic E-state index is -0.681. The Kier molecular flexibility index (Phi) is 19.0. The number of fused-ring (bicyclic) bond motifs is 4. The van der Waals surface area contributed by atoms with Gasteiger partial charge in [0.05, 0.1) is 36.1 Å². The number of likely N-dealkylation sites (tertiary alicyclic amines) is 2. The van der Waals surface area contributed by atoms with Crippen molar-refractivity contribution in [3.05, 3.63) is 165 Å². The number of amides is 4. The van der Waals surface area contributed by atoms with Crippen molar-refractivity contribution >= 4 is 47.2 Å². The largest absolute Gasteiger partial charge is 0.444 e. The normalized spacial score (nSPS) is 24.3. The van der Waals surface area contributed by atoms with Crippen LogP contribution in [0.15, 0.2) is 110 Å². The lowest BCUT2D eigenvalue weighted by Gasteiger charge is -2.47. The van der Waals surface area contributed by atoms with Gasteiger partial charge in [-0.3, -0.25) is 39.2 Å². The fraction of sp³-hybridized carbons (Fsp3) is 0.529. The van der Waals surface area contributed by atoms with E-state index in [-0.39, 0.29) is 36.0 Å². The van der Waals surface area contributed by atoms with E-state index < -0.39 is 35.5 Å². The summed E-state index contributed by atoms with van der Waals surface area (Å²) in [5.74, 6) is 0.589. The van der Waals surface area contributed by atoms with Crippen molar-refractivity contribution < 1.29 is 28.7 Å². The van der Waals surface area contributed by atoms with Crippen LogP contribution in [-0.2, 0) is 57.8 Å². The molecule has 2 aromatic carbocycles. The van der Waals surface area contributed by atoms with Crippen molar-refractivity contribution in [3.63, 3.8) is 0 Å². The monoisotopic (exact) mass is 1240 g/mol. The molecular formula is C68H86Cl2N12O6. The Morgan fingerprint density at radius 3 is 1.31 bits per heavy atom. The standard InChI is InChI=1S/2C34H43ClN6O3/c2*1-23-7-8-24(19-38-15-14-36-22-38)20-41(23)32(42)29-21-39(16-17-40(29)33(43)44-34(2,3)4)31-28-12-11-27(35)18-26(28)10-9-25-6-5-13-37-30(25)31/h2*5-6,11-15,18,22-24,29,31H,7-10,16-17,19-21H2,1-4H3/t23?,24?,29-,31+;23?,24?,29-,31-/m11/s1. The molecule has 0 radical (unpaired) electrons. The van der Waals surface area contributed by atoms with Gasteiger partial charge >= 0.3 is 12.2 Å². The second-order valence-electron chi connectivity index (χ2n) is 27.0. The molecule has 88 heavy (non-hydrogen) atoms. The minimum absolute atomic E-state index is 0.0189. The zero-order valence-electron chi connectivity index (χ0n) is 52.3. The first-order valence-electron chi connectivity index (χ1n) is 31.6. The Morgan fingerprint density at radius 2 is 0.920 bits per heavy atom. The summed E-state index contributed by atoms with van der Waals surface area (Å²) >= 11 is 12.9. The van der Waals surface area contributed by atoms with Gasteiger partial charge in [-0.1, -0.05) is 47.5 Å². The lowest BCUT2D eigenvalue weighted by Crippen LogP contribution is -2.63. The maximum atomic E-state index is 14.6. The van der Waals surface area contributed by atoms with E-state index in [1.807, 2.05) is 113 Å². The highest BCUT2D eigenvalue weighted by Gasteiger charge is 2.47. The predicted octanol–water partition coefficient (Wildman–Crippen LogP) is 10.7. The molecule has 12 rings (SSSR count). The van der Waals surface area contributed by atoms with Gasteiger partial charge in [0.25, 0.3) is 0 Å². The molecule has 468 valence electrons. The molecule has 4 unspecified atom stereocenters. The fourth-order valence-corrected chi connectivity index (χ4v) is 14.5. The second-order valence-corrected chi connectivity index (χ2v) is 27.9. The molecule has 8 heterocycles. The molecule has 20 heteroatoms. The second kappa shape index (κ2) is 26.7. The van der Waals surface area contributed by atoms with Gasteiger partial charge < -0.3 is 28.4 Å². The van der Waals surface area contributed by atoms with Gasteiger partial charge in [-0.2, -0.15) is 0 Å². The van der Waals surface area contributed by atoms with Crippen LogP contribution in [0.25, 0.3) is 0 Å². The predicted molar refractivity (Wildman–Crippen MR) is 339 cm³/mol. The lowest BCUT2D eigenvalue weighted by molar-refractivity contribution is -0.145. The third-order valence-corrected chi connectivity index (χ3v) is 18.9. The number of aromatic nitrogens is 6. The van der Waals surface area contributed by atoms with E-state index >= 15 is 0 Å². The Hall–Kier alpha value is -6.86. The molecule has 18 nitrogen and oxygen atoms in total. The van der Waals surface area contributed by atoms with Crippen molar-refractivity contribution in [1.29, 1.82) is 0 Å². The highest BCUT2D eigenvalue weighted by Crippen LogP contribution is 2.41. The molecule has 4 aliphatic heterocycles. The SMILES string of the molecule is CC1CCC(Cn2ccnc2)CN1C(=O)[C@H]1CN([C@@H]2c3ccc(Cl)cc3CCc3cccnc32)CCN1C(=O)OC(C)(C)C.CC1CCC(Cn2ccnc2)CN1C(=O)[C@H]1CN([C@H]2c3ccc(Cl)cc3CCc3cccnc32)CCN1C(=O)OC(C)(C)C. The van der Waals surface area contributed by atoms with Gasteiger partial charge in [-0.05, 0) is 188 Å². The summed E-state index contributed by atoms with van der Waals surface area (Å²) in [6, 6.07) is 19.0. The average molecular weight is 1240 g/mol. The molecule has 4 fully saturated rings. The quantitative estimate of drug-likeness (QED) is 0.142. The van der Waals surface area contributed by atoms with Gasteiger partial charge in [0.2, 0.25) is 11.8 Å². The molecule has 4 amide bonds. The molecule has 0 N–H and O–H groups in total. The van der Waals surface area contributed by atoms with Crippen molar-refractivity contribution in [2.75, 3.05) is 52.4 Å².